The van der Waals surface area contributed by atoms with Gasteiger partial charge in [0.1, 0.15) is 18.0 Å². The smallest absolute Gasteiger partial charge is 0.341 e. The third kappa shape index (κ3) is 2.98. The van der Waals surface area contributed by atoms with Gasteiger partial charge in [0.05, 0.1) is 10.5 Å². The molecule has 27 heavy (non-hydrogen) atoms. The number of aliphatic hydroxyl groups is 1. The number of aromatic nitrogens is 1. The van der Waals surface area contributed by atoms with Crippen molar-refractivity contribution in [2.24, 2.45) is 0 Å². The summed E-state index contributed by atoms with van der Waals surface area (Å²) in [5.41, 5.74) is -1.33. The van der Waals surface area contributed by atoms with Crippen LogP contribution in [0.2, 0.25) is 0 Å². The Balaban J connectivity index is 2.32. The van der Waals surface area contributed by atoms with E-state index in [0.717, 1.165) is 22.8 Å². The monoisotopic (exact) mass is 406 g/mol. The van der Waals surface area contributed by atoms with Gasteiger partial charge < -0.3 is 9.67 Å². The number of sulfone groups is 1. The molecule has 144 valence electrons. The number of benzene rings is 1. The zero-order valence-corrected chi connectivity index (χ0v) is 14.2. The lowest BCUT2D eigenvalue weighted by Crippen LogP contribution is -2.33. The molecule has 0 unspecified atom stereocenters. The Morgan fingerprint density at radius 3 is 2.59 bits per heavy atom. The highest BCUT2D eigenvalue weighted by Crippen LogP contribution is 2.46. The number of nitrogens with zero attached hydrogens (tertiary/aromatic N) is 2. The predicted molar refractivity (Wildman–Crippen MR) is 81.9 cm³/mol. The number of halogens is 5. The Labute approximate surface area is 150 Å². The second-order valence-electron chi connectivity index (χ2n) is 5.97. The Morgan fingerprint density at radius 1 is 1.33 bits per heavy atom. The van der Waals surface area contributed by atoms with E-state index in [1.807, 2.05) is 0 Å². The SMILES string of the molecule is N#Cc1cc(-n2cc(S(=O)(=O)C(F)F)c3c2CCC(F)(F)[C@H]3O)ccc1F. The molecule has 1 N–H and O–H groups in total. The van der Waals surface area contributed by atoms with Gasteiger partial charge in [-0.15, -0.1) is 0 Å². The normalized spacial score (nSPS) is 19.0. The van der Waals surface area contributed by atoms with E-state index in [9.17, 15) is 35.5 Å². The summed E-state index contributed by atoms with van der Waals surface area (Å²) >= 11 is 0. The maximum absolute atomic E-state index is 13.9. The molecule has 3 rings (SSSR count). The van der Waals surface area contributed by atoms with Gasteiger partial charge in [0.2, 0.25) is 9.84 Å². The van der Waals surface area contributed by atoms with Crippen LogP contribution in [-0.2, 0) is 16.3 Å². The maximum atomic E-state index is 13.9. The van der Waals surface area contributed by atoms with E-state index >= 15 is 0 Å². The van der Waals surface area contributed by atoms with Gasteiger partial charge in [0.25, 0.3) is 5.92 Å². The fraction of sp³-hybridized carbons (Fsp3) is 0.312. The molecular weight excluding hydrogens is 395 g/mol. The third-order valence-electron chi connectivity index (χ3n) is 4.37. The number of rotatable bonds is 3. The highest BCUT2D eigenvalue weighted by atomic mass is 32.2. The highest BCUT2D eigenvalue weighted by molar-refractivity contribution is 7.91. The van der Waals surface area contributed by atoms with Crippen LogP contribution in [0.5, 0.6) is 0 Å². The van der Waals surface area contributed by atoms with Gasteiger partial charge in [-0.3, -0.25) is 0 Å². The molecular formula is C16H11F5N2O3S. The molecule has 0 spiro atoms. The van der Waals surface area contributed by atoms with Gasteiger partial charge in [0, 0.05) is 29.6 Å². The fourth-order valence-corrected chi connectivity index (χ4v) is 4.00. The summed E-state index contributed by atoms with van der Waals surface area (Å²) in [6.07, 6.45) is -3.17. The first-order chi connectivity index (χ1) is 12.5. The van der Waals surface area contributed by atoms with E-state index in [1.54, 1.807) is 6.07 Å². The van der Waals surface area contributed by atoms with Crippen molar-refractivity contribution in [2.45, 2.75) is 35.5 Å². The van der Waals surface area contributed by atoms with Crippen molar-refractivity contribution < 1.29 is 35.5 Å². The molecule has 1 heterocycles. The molecule has 1 aliphatic rings. The van der Waals surface area contributed by atoms with Crippen LogP contribution < -0.4 is 0 Å². The summed E-state index contributed by atoms with van der Waals surface area (Å²) in [5.74, 6) is -8.45. The number of alkyl halides is 4. The molecule has 1 aromatic carbocycles. The van der Waals surface area contributed by atoms with Crippen LogP contribution >= 0.6 is 0 Å². The fourth-order valence-electron chi connectivity index (χ4n) is 3.02. The zero-order chi connectivity index (χ0) is 20.1. The van der Waals surface area contributed by atoms with Crippen LogP contribution in [-0.4, -0.2) is 29.8 Å². The van der Waals surface area contributed by atoms with Crippen molar-refractivity contribution in [3.8, 4) is 11.8 Å². The van der Waals surface area contributed by atoms with Crippen LogP contribution in [0.3, 0.4) is 0 Å². The minimum Gasteiger partial charge on any atom is -0.382 e. The van der Waals surface area contributed by atoms with E-state index in [1.165, 1.54) is 0 Å². The number of nitriles is 1. The first-order valence-electron chi connectivity index (χ1n) is 7.52. The maximum Gasteiger partial charge on any atom is 0.341 e. The number of fused-ring (bicyclic) bond motifs is 1. The van der Waals surface area contributed by atoms with Gasteiger partial charge in [-0.05, 0) is 24.6 Å². The van der Waals surface area contributed by atoms with Crippen LogP contribution in [0.1, 0.15) is 29.3 Å². The Morgan fingerprint density at radius 2 is 2.00 bits per heavy atom. The third-order valence-corrected chi connectivity index (χ3v) is 5.78. The van der Waals surface area contributed by atoms with E-state index < -0.39 is 62.3 Å². The highest BCUT2D eigenvalue weighted by Gasteiger charge is 2.48. The summed E-state index contributed by atoms with van der Waals surface area (Å²) in [6.45, 7) is 0. The van der Waals surface area contributed by atoms with Gasteiger partial charge >= 0.3 is 5.76 Å². The summed E-state index contributed by atoms with van der Waals surface area (Å²) < 4.78 is 92.2. The van der Waals surface area contributed by atoms with E-state index in [0.29, 0.717) is 6.20 Å². The van der Waals surface area contributed by atoms with Crippen molar-refractivity contribution >= 4 is 9.84 Å². The van der Waals surface area contributed by atoms with Crippen LogP contribution in [0.15, 0.2) is 29.3 Å². The van der Waals surface area contributed by atoms with Gasteiger partial charge in [-0.1, -0.05) is 0 Å². The minimum atomic E-state index is -5.30. The lowest BCUT2D eigenvalue weighted by Gasteiger charge is -2.29. The van der Waals surface area contributed by atoms with Gasteiger partial charge in [-0.2, -0.15) is 14.0 Å². The molecule has 11 heteroatoms. The Kier molecular flexibility index (Phi) is 4.52. The van der Waals surface area contributed by atoms with Crippen LogP contribution in [0, 0.1) is 17.1 Å². The molecule has 0 bridgehead atoms. The molecule has 0 saturated heterocycles. The van der Waals surface area contributed by atoms with Crippen molar-refractivity contribution in [3.63, 3.8) is 0 Å². The number of hydrogen-bond donors (Lipinski definition) is 1. The topological polar surface area (TPSA) is 83.1 Å². The van der Waals surface area contributed by atoms with Crippen molar-refractivity contribution in [2.75, 3.05) is 0 Å². The Bertz CT molecular complexity index is 1060. The van der Waals surface area contributed by atoms with E-state index in [-0.39, 0.29) is 11.4 Å². The zero-order valence-electron chi connectivity index (χ0n) is 13.3. The summed E-state index contributed by atoms with van der Waals surface area (Å²) in [7, 11) is -5.30. The lowest BCUT2D eigenvalue weighted by atomic mass is 9.91. The molecule has 0 radical (unpaired) electrons. The average Bonchev–Trinajstić information content (AvgIpc) is 2.99. The second-order valence-corrected chi connectivity index (χ2v) is 7.86. The quantitative estimate of drug-likeness (QED) is 0.795. The molecule has 5 nitrogen and oxygen atoms in total. The van der Waals surface area contributed by atoms with E-state index in [2.05, 4.69) is 0 Å². The molecule has 1 atom stereocenters. The Hall–Kier alpha value is -2.45. The minimum absolute atomic E-state index is 0.0114. The molecule has 1 aromatic heterocycles. The molecule has 0 aliphatic heterocycles. The van der Waals surface area contributed by atoms with E-state index in [4.69, 9.17) is 5.26 Å². The van der Waals surface area contributed by atoms with Crippen LogP contribution in [0.25, 0.3) is 5.69 Å². The van der Waals surface area contributed by atoms with Crippen molar-refractivity contribution in [1.29, 1.82) is 5.26 Å². The molecule has 0 saturated carbocycles. The summed E-state index contributed by atoms with van der Waals surface area (Å²) in [4.78, 5) is -1.12. The lowest BCUT2D eigenvalue weighted by molar-refractivity contribution is -0.123. The number of hydrogen-bond acceptors (Lipinski definition) is 4. The summed E-state index contributed by atoms with van der Waals surface area (Å²) in [6, 6.07) is 4.62. The van der Waals surface area contributed by atoms with Crippen molar-refractivity contribution in [1.82, 2.24) is 4.57 Å². The van der Waals surface area contributed by atoms with Gasteiger partial charge in [0.15, 0.2) is 0 Å². The average molecular weight is 406 g/mol. The summed E-state index contributed by atoms with van der Waals surface area (Å²) in [5, 5.41) is 18.8. The predicted octanol–water partition coefficient (Wildman–Crippen LogP) is 3.10. The van der Waals surface area contributed by atoms with Crippen LogP contribution in [0.4, 0.5) is 22.0 Å². The molecule has 1 aliphatic carbocycles. The largest absolute Gasteiger partial charge is 0.382 e. The van der Waals surface area contributed by atoms with Crippen molar-refractivity contribution in [3.05, 3.63) is 47.0 Å². The second kappa shape index (κ2) is 6.31. The molecule has 0 amide bonds. The standard InChI is InChI=1S/C16H11F5N2O3S/c17-10-2-1-9(5-8(10)6-22)23-7-12(27(25,26)15(18)19)13-11(23)3-4-16(20,21)14(13)24/h1-2,5,7,14-15,24H,3-4H2/t14-/m0/s1. The first-order valence-corrected chi connectivity index (χ1v) is 9.07. The molecule has 0 fully saturated rings. The number of aliphatic hydroxyl groups excluding tert-OH is 1. The first kappa shape index (κ1) is 19.3. The molecule has 2 aromatic rings. The van der Waals surface area contributed by atoms with Gasteiger partial charge in [-0.25, -0.2) is 21.6 Å².